The lowest BCUT2D eigenvalue weighted by molar-refractivity contribution is 0.185. The number of nitrogens with zero attached hydrogens (tertiary/aromatic N) is 3. The molecule has 0 bridgehead atoms. The Morgan fingerprint density at radius 1 is 1.15 bits per heavy atom. The molecular weight excluding hydrogens is 334 g/mol. The number of aromatic nitrogens is 1. The molecule has 5 nitrogen and oxygen atoms in total. The third-order valence-electron chi connectivity index (χ3n) is 5.15. The van der Waals surface area contributed by atoms with Gasteiger partial charge in [-0.25, -0.2) is 4.99 Å². The van der Waals surface area contributed by atoms with Gasteiger partial charge in [-0.05, 0) is 55.1 Å². The first-order valence-electron chi connectivity index (χ1n) is 9.93. The Morgan fingerprint density at radius 2 is 1.89 bits per heavy atom. The monoisotopic (exact) mass is 365 g/mol. The molecule has 0 amide bonds. The zero-order chi connectivity index (χ0) is 18.9. The lowest BCUT2D eigenvalue weighted by Gasteiger charge is -2.30. The quantitative estimate of drug-likeness (QED) is 0.585. The van der Waals surface area contributed by atoms with Crippen molar-refractivity contribution in [3.8, 4) is 0 Å². The summed E-state index contributed by atoms with van der Waals surface area (Å²) in [5, 5.41) is 3.15. The van der Waals surface area contributed by atoms with Crippen LogP contribution in [0.2, 0.25) is 0 Å². The number of benzene rings is 1. The summed E-state index contributed by atoms with van der Waals surface area (Å²) < 4.78 is 0. The minimum absolute atomic E-state index is 0.484. The van der Waals surface area contributed by atoms with Crippen molar-refractivity contribution in [2.75, 3.05) is 19.6 Å². The van der Waals surface area contributed by atoms with Gasteiger partial charge in [-0.3, -0.25) is 9.88 Å². The molecule has 0 atom stereocenters. The smallest absolute Gasteiger partial charge is 0.188 e. The Kier molecular flexibility index (Phi) is 7.22. The van der Waals surface area contributed by atoms with Crippen molar-refractivity contribution in [1.29, 1.82) is 0 Å². The Morgan fingerprint density at radius 3 is 2.59 bits per heavy atom. The molecule has 3 rings (SSSR count). The molecule has 5 heteroatoms. The number of hydrogen-bond donors (Lipinski definition) is 2. The van der Waals surface area contributed by atoms with E-state index in [0.717, 1.165) is 31.1 Å². The van der Waals surface area contributed by atoms with Crippen molar-refractivity contribution in [3.05, 3.63) is 65.5 Å². The molecule has 0 aliphatic carbocycles. The Bertz CT molecular complexity index is 703. The molecule has 1 aliphatic heterocycles. The number of likely N-dealkylation sites (tertiary alicyclic amines) is 1. The topological polar surface area (TPSA) is 66.5 Å². The Labute approximate surface area is 162 Å². The van der Waals surface area contributed by atoms with Crippen LogP contribution in [0.1, 0.15) is 36.6 Å². The van der Waals surface area contributed by atoms with Crippen LogP contribution in [-0.4, -0.2) is 35.5 Å². The molecular formula is C22H31N5. The van der Waals surface area contributed by atoms with E-state index in [2.05, 4.69) is 51.4 Å². The average molecular weight is 366 g/mol. The van der Waals surface area contributed by atoms with Crippen molar-refractivity contribution < 1.29 is 0 Å². The van der Waals surface area contributed by atoms with Gasteiger partial charge in [-0.2, -0.15) is 0 Å². The highest BCUT2D eigenvalue weighted by atomic mass is 15.1. The molecule has 0 unspecified atom stereocenters. The normalized spacial score (nSPS) is 16.4. The summed E-state index contributed by atoms with van der Waals surface area (Å²) in [5.41, 5.74) is 9.57. The maximum atomic E-state index is 5.96. The lowest BCUT2D eigenvalue weighted by atomic mass is 9.99. The van der Waals surface area contributed by atoms with Crippen molar-refractivity contribution in [2.24, 2.45) is 16.6 Å². The molecule has 1 saturated heterocycles. The van der Waals surface area contributed by atoms with E-state index in [-0.39, 0.29) is 0 Å². The number of nitrogens with two attached hydrogens (primary N) is 1. The minimum atomic E-state index is 0.484. The van der Waals surface area contributed by atoms with Gasteiger partial charge < -0.3 is 11.1 Å². The van der Waals surface area contributed by atoms with E-state index in [1.165, 1.54) is 37.1 Å². The van der Waals surface area contributed by atoms with Crippen molar-refractivity contribution in [2.45, 2.75) is 39.3 Å². The van der Waals surface area contributed by atoms with Gasteiger partial charge in [0, 0.05) is 31.4 Å². The molecule has 3 N–H and O–H groups in total. The van der Waals surface area contributed by atoms with E-state index in [1.807, 2.05) is 24.4 Å². The number of nitrogens with one attached hydrogen (secondary N) is 1. The molecule has 1 aliphatic rings. The number of aliphatic imine (C=N–C) groups is 1. The van der Waals surface area contributed by atoms with Crippen molar-refractivity contribution in [3.63, 3.8) is 0 Å². The maximum Gasteiger partial charge on any atom is 0.188 e. The maximum absolute atomic E-state index is 5.96. The largest absolute Gasteiger partial charge is 0.370 e. The van der Waals surface area contributed by atoms with Crippen LogP contribution in [0.15, 0.2) is 53.7 Å². The fourth-order valence-electron chi connectivity index (χ4n) is 3.33. The zero-order valence-corrected chi connectivity index (χ0v) is 16.3. The van der Waals surface area contributed by atoms with Crippen LogP contribution in [0, 0.1) is 5.92 Å². The van der Waals surface area contributed by atoms with Crippen LogP contribution in [0.25, 0.3) is 0 Å². The standard InChI is InChI=1S/C22H31N5/c1-18-10-14-27(15-11-18)17-20-7-5-19(6-8-20)16-26-22(23)25-13-9-21-4-2-3-12-24-21/h2-8,12,18H,9-11,13-17H2,1H3,(H3,23,25,26). The summed E-state index contributed by atoms with van der Waals surface area (Å²) in [6.45, 7) is 7.17. The highest BCUT2D eigenvalue weighted by molar-refractivity contribution is 5.77. The molecule has 2 heterocycles. The number of pyridine rings is 1. The van der Waals surface area contributed by atoms with E-state index in [9.17, 15) is 0 Å². The van der Waals surface area contributed by atoms with Gasteiger partial charge in [-0.1, -0.05) is 37.3 Å². The zero-order valence-electron chi connectivity index (χ0n) is 16.3. The summed E-state index contributed by atoms with van der Waals surface area (Å²) in [6.07, 6.45) is 5.28. The summed E-state index contributed by atoms with van der Waals surface area (Å²) in [4.78, 5) is 11.3. The summed E-state index contributed by atoms with van der Waals surface area (Å²) >= 11 is 0. The van der Waals surface area contributed by atoms with Crippen LogP contribution < -0.4 is 11.1 Å². The predicted octanol–water partition coefficient (Wildman–Crippen LogP) is 2.96. The number of guanidine groups is 1. The number of piperidine rings is 1. The molecule has 0 saturated carbocycles. The lowest BCUT2D eigenvalue weighted by Crippen LogP contribution is -2.33. The first kappa shape index (κ1) is 19.4. The summed E-state index contributed by atoms with van der Waals surface area (Å²) in [5.74, 6) is 1.36. The van der Waals surface area contributed by atoms with Gasteiger partial charge >= 0.3 is 0 Å². The van der Waals surface area contributed by atoms with Crippen LogP contribution in [0.5, 0.6) is 0 Å². The molecule has 144 valence electrons. The second kappa shape index (κ2) is 10.1. The minimum Gasteiger partial charge on any atom is -0.370 e. The third kappa shape index (κ3) is 6.68. The Balaban J connectivity index is 1.40. The predicted molar refractivity (Wildman–Crippen MR) is 111 cm³/mol. The number of hydrogen-bond acceptors (Lipinski definition) is 3. The molecule has 1 fully saturated rings. The van der Waals surface area contributed by atoms with Gasteiger partial charge in [0.25, 0.3) is 0 Å². The summed E-state index contributed by atoms with van der Waals surface area (Å²) in [6, 6.07) is 14.7. The van der Waals surface area contributed by atoms with Crippen LogP contribution in [0.4, 0.5) is 0 Å². The van der Waals surface area contributed by atoms with Crippen LogP contribution >= 0.6 is 0 Å². The SMILES string of the molecule is CC1CCN(Cc2ccc(CN=C(N)NCCc3ccccn3)cc2)CC1. The van der Waals surface area contributed by atoms with Crippen molar-refractivity contribution >= 4 is 5.96 Å². The second-order valence-corrected chi connectivity index (χ2v) is 7.47. The van der Waals surface area contributed by atoms with E-state index < -0.39 is 0 Å². The average Bonchev–Trinajstić information content (AvgIpc) is 2.70. The first-order valence-corrected chi connectivity index (χ1v) is 9.93. The molecule has 1 aromatic carbocycles. The van der Waals surface area contributed by atoms with Crippen LogP contribution in [0.3, 0.4) is 0 Å². The fourth-order valence-corrected chi connectivity index (χ4v) is 3.33. The van der Waals surface area contributed by atoms with Crippen molar-refractivity contribution in [1.82, 2.24) is 15.2 Å². The molecule has 1 aromatic heterocycles. The van der Waals surface area contributed by atoms with E-state index >= 15 is 0 Å². The van der Waals surface area contributed by atoms with Gasteiger partial charge in [0.15, 0.2) is 5.96 Å². The highest BCUT2D eigenvalue weighted by Crippen LogP contribution is 2.18. The first-order chi connectivity index (χ1) is 13.2. The second-order valence-electron chi connectivity index (χ2n) is 7.47. The van der Waals surface area contributed by atoms with E-state index in [4.69, 9.17) is 5.73 Å². The van der Waals surface area contributed by atoms with E-state index in [1.54, 1.807) is 0 Å². The van der Waals surface area contributed by atoms with Crippen LogP contribution in [-0.2, 0) is 19.5 Å². The van der Waals surface area contributed by atoms with Gasteiger partial charge in [0.2, 0.25) is 0 Å². The molecule has 2 aromatic rings. The van der Waals surface area contributed by atoms with Gasteiger partial charge in [0.05, 0.1) is 6.54 Å². The van der Waals surface area contributed by atoms with Gasteiger partial charge in [-0.15, -0.1) is 0 Å². The fraction of sp³-hybridized carbons (Fsp3) is 0.455. The molecule has 0 radical (unpaired) electrons. The molecule has 0 spiro atoms. The Hall–Kier alpha value is -2.40. The highest BCUT2D eigenvalue weighted by Gasteiger charge is 2.15. The van der Waals surface area contributed by atoms with Gasteiger partial charge in [0.1, 0.15) is 0 Å². The third-order valence-corrected chi connectivity index (χ3v) is 5.15. The number of rotatable bonds is 7. The molecule has 27 heavy (non-hydrogen) atoms. The summed E-state index contributed by atoms with van der Waals surface area (Å²) in [7, 11) is 0. The van der Waals surface area contributed by atoms with E-state index in [0.29, 0.717) is 12.5 Å².